The molecule has 0 saturated heterocycles. The number of fused-ring (bicyclic) bond motifs is 2. The molecule has 142 valence electrons. The number of ether oxygens (including phenoxy) is 1. The molecule has 0 saturated carbocycles. The van der Waals surface area contributed by atoms with E-state index in [1.807, 2.05) is 30.3 Å². The monoisotopic (exact) mass is 376 g/mol. The quantitative estimate of drug-likeness (QED) is 0.682. The molecule has 28 heavy (non-hydrogen) atoms. The van der Waals surface area contributed by atoms with Crippen molar-refractivity contribution in [3.05, 3.63) is 59.2 Å². The Hall–Kier alpha value is -3.41. The van der Waals surface area contributed by atoms with Gasteiger partial charge in [-0.1, -0.05) is 18.2 Å². The van der Waals surface area contributed by atoms with Gasteiger partial charge in [-0.05, 0) is 50.6 Å². The Morgan fingerprint density at radius 2 is 1.93 bits per heavy atom. The fourth-order valence-electron chi connectivity index (χ4n) is 3.53. The van der Waals surface area contributed by atoms with Gasteiger partial charge < -0.3 is 10.1 Å². The summed E-state index contributed by atoms with van der Waals surface area (Å²) in [7, 11) is 0. The number of carbonyl (C=O) groups excluding carboxylic acids is 3. The van der Waals surface area contributed by atoms with Gasteiger partial charge >= 0.3 is 6.09 Å². The summed E-state index contributed by atoms with van der Waals surface area (Å²) >= 11 is 0. The number of rotatable bonds is 2. The first-order valence-electron chi connectivity index (χ1n) is 9.03. The minimum Gasteiger partial charge on any atom is -0.443 e. The van der Waals surface area contributed by atoms with E-state index in [0.29, 0.717) is 34.4 Å². The Labute approximate surface area is 162 Å². The van der Waals surface area contributed by atoms with Gasteiger partial charge in [0, 0.05) is 23.1 Å². The number of nitrogens with one attached hydrogen (secondary N) is 1. The molecule has 0 bridgehead atoms. The van der Waals surface area contributed by atoms with Gasteiger partial charge in [0.25, 0.3) is 5.91 Å². The Morgan fingerprint density at radius 1 is 1.18 bits per heavy atom. The van der Waals surface area contributed by atoms with Crippen molar-refractivity contribution in [2.75, 3.05) is 0 Å². The van der Waals surface area contributed by atoms with Crippen molar-refractivity contribution >= 4 is 29.2 Å². The highest BCUT2D eigenvalue weighted by Crippen LogP contribution is 2.35. The molecule has 1 N–H and O–H groups in total. The van der Waals surface area contributed by atoms with E-state index in [-0.39, 0.29) is 5.91 Å². The lowest BCUT2D eigenvalue weighted by Crippen LogP contribution is -2.27. The molecule has 0 spiro atoms. The number of hydrogen-bond acceptors (Lipinski definition) is 4. The van der Waals surface area contributed by atoms with Crippen LogP contribution in [0.4, 0.5) is 4.79 Å². The fraction of sp³-hybridized carbons (Fsp3) is 0.227. The number of para-hydroxylation sites is 1. The number of aromatic nitrogens is 1. The maximum absolute atomic E-state index is 13.0. The highest BCUT2D eigenvalue weighted by Gasteiger charge is 2.29. The minimum atomic E-state index is -0.677. The van der Waals surface area contributed by atoms with Crippen LogP contribution in [0.15, 0.2) is 42.5 Å². The molecule has 0 aliphatic carbocycles. The summed E-state index contributed by atoms with van der Waals surface area (Å²) in [4.78, 5) is 36.9. The van der Waals surface area contributed by atoms with E-state index in [0.717, 1.165) is 17.2 Å². The molecular weight excluding hydrogens is 356 g/mol. The zero-order valence-corrected chi connectivity index (χ0v) is 15.9. The Morgan fingerprint density at radius 3 is 2.64 bits per heavy atom. The molecule has 0 atom stereocenters. The normalized spacial score (nSPS) is 13.3. The predicted octanol–water partition coefficient (Wildman–Crippen LogP) is 4.15. The third kappa shape index (κ3) is 2.97. The lowest BCUT2D eigenvalue weighted by molar-refractivity contribution is 0.0546. The molecule has 6 heteroatoms. The highest BCUT2D eigenvalue weighted by atomic mass is 16.6. The van der Waals surface area contributed by atoms with Crippen molar-refractivity contribution in [1.82, 2.24) is 9.88 Å². The van der Waals surface area contributed by atoms with E-state index < -0.39 is 11.7 Å². The van der Waals surface area contributed by atoms with Gasteiger partial charge in [-0.15, -0.1) is 0 Å². The topological polar surface area (TPSA) is 77.4 Å². The van der Waals surface area contributed by atoms with Crippen molar-refractivity contribution in [1.29, 1.82) is 0 Å². The largest absolute Gasteiger partial charge is 0.443 e. The van der Waals surface area contributed by atoms with Crippen molar-refractivity contribution in [2.24, 2.45) is 0 Å². The van der Waals surface area contributed by atoms with Crippen LogP contribution in [0.25, 0.3) is 22.2 Å². The number of nitrogens with zero attached hydrogens (tertiary/aromatic N) is 1. The molecular formula is C22H20N2O4. The van der Waals surface area contributed by atoms with Gasteiger partial charge in [0.05, 0.1) is 16.8 Å². The molecule has 1 amide bonds. The molecule has 6 nitrogen and oxygen atoms in total. The predicted molar refractivity (Wildman–Crippen MR) is 106 cm³/mol. The first-order chi connectivity index (χ1) is 13.3. The van der Waals surface area contributed by atoms with Crippen molar-refractivity contribution < 1.29 is 19.1 Å². The van der Waals surface area contributed by atoms with Crippen LogP contribution in [0, 0.1) is 0 Å². The molecule has 0 unspecified atom stereocenters. The maximum atomic E-state index is 13.0. The summed E-state index contributed by atoms with van der Waals surface area (Å²) in [5.41, 5.74) is 2.73. The summed E-state index contributed by atoms with van der Waals surface area (Å²) in [5, 5.41) is 3.63. The fourth-order valence-corrected chi connectivity index (χ4v) is 3.53. The number of amides is 1. The molecule has 0 fully saturated rings. The highest BCUT2D eigenvalue weighted by molar-refractivity contribution is 6.07. The lowest BCUT2D eigenvalue weighted by Gasteiger charge is -2.21. The van der Waals surface area contributed by atoms with Crippen molar-refractivity contribution in [3.8, 4) is 11.3 Å². The average molecular weight is 376 g/mol. The summed E-state index contributed by atoms with van der Waals surface area (Å²) in [6.07, 6.45) is 0.208. The summed E-state index contributed by atoms with van der Waals surface area (Å²) < 4.78 is 7.08. The number of carbonyl (C=O) groups is 3. The van der Waals surface area contributed by atoms with Crippen LogP contribution in [-0.4, -0.2) is 28.5 Å². The van der Waals surface area contributed by atoms with Gasteiger partial charge in [0.1, 0.15) is 11.9 Å². The van der Waals surface area contributed by atoms with Crippen LogP contribution in [0.5, 0.6) is 0 Å². The van der Waals surface area contributed by atoms with Gasteiger partial charge in [0.15, 0.2) is 0 Å². The first kappa shape index (κ1) is 18.0. The zero-order valence-electron chi connectivity index (χ0n) is 15.9. The number of hydrogen-bond donors (Lipinski definition) is 1. The molecule has 0 radical (unpaired) electrons. The third-order valence-corrected chi connectivity index (χ3v) is 4.61. The molecule has 1 aliphatic rings. The molecule has 4 rings (SSSR count). The second-order valence-electron chi connectivity index (χ2n) is 7.81. The van der Waals surface area contributed by atoms with E-state index in [4.69, 9.17) is 4.74 Å². The zero-order chi connectivity index (χ0) is 20.1. The van der Waals surface area contributed by atoms with Gasteiger partial charge in [-0.25, -0.2) is 9.36 Å². The van der Waals surface area contributed by atoms with E-state index in [1.165, 1.54) is 4.57 Å². The molecule has 3 aromatic rings. The Kier molecular flexibility index (Phi) is 4.07. The first-order valence-corrected chi connectivity index (χ1v) is 9.03. The average Bonchev–Trinajstić information content (AvgIpc) is 3.20. The van der Waals surface area contributed by atoms with E-state index in [2.05, 4.69) is 5.32 Å². The van der Waals surface area contributed by atoms with Crippen LogP contribution >= 0.6 is 0 Å². The van der Waals surface area contributed by atoms with E-state index in [9.17, 15) is 14.4 Å². The Balaban J connectivity index is 2.02. The van der Waals surface area contributed by atoms with Crippen LogP contribution in [0.2, 0.25) is 0 Å². The third-order valence-electron chi connectivity index (χ3n) is 4.61. The Bertz CT molecular complexity index is 1140. The van der Waals surface area contributed by atoms with E-state index in [1.54, 1.807) is 32.9 Å². The second kappa shape index (κ2) is 6.34. The maximum Gasteiger partial charge on any atom is 0.419 e. The van der Waals surface area contributed by atoms with Crippen LogP contribution in [0.3, 0.4) is 0 Å². The standard InChI is InChI=1S/C22H20N2O4/c1-22(2,3)28-21(27)24-17-7-5-4-6-14(17)10-18(24)16-9-13(12-25)8-15-11-23-20(26)19(15)16/h4-10,12H,11H2,1-3H3,(H,23,26). The number of benzene rings is 2. The second-order valence-corrected chi connectivity index (χ2v) is 7.81. The molecule has 1 aromatic heterocycles. The van der Waals surface area contributed by atoms with Crippen molar-refractivity contribution in [2.45, 2.75) is 32.9 Å². The van der Waals surface area contributed by atoms with Crippen LogP contribution < -0.4 is 5.32 Å². The van der Waals surface area contributed by atoms with Crippen LogP contribution in [-0.2, 0) is 11.3 Å². The van der Waals surface area contributed by atoms with Gasteiger partial charge in [-0.3, -0.25) is 9.59 Å². The SMILES string of the molecule is CC(C)(C)OC(=O)n1c(-c2cc(C=O)cc3c2C(=O)NC3)cc2ccccc21. The van der Waals surface area contributed by atoms with Crippen molar-refractivity contribution in [3.63, 3.8) is 0 Å². The molecule has 2 aromatic carbocycles. The minimum absolute atomic E-state index is 0.219. The van der Waals surface area contributed by atoms with Gasteiger partial charge in [0.2, 0.25) is 0 Å². The smallest absolute Gasteiger partial charge is 0.419 e. The lowest BCUT2D eigenvalue weighted by atomic mass is 9.97. The summed E-state index contributed by atoms with van der Waals surface area (Å²) in [5.74, 6) is -0.219. The number of aldehydes is 1. The molecule has 1 aliphatic heterocycles. The molecule has 2 heterocycles. The summed E-state index contributed by atoms with van der Waals surface area (Å²) in [6.45, 7) is 5.76. The van der Waals surface area contributed by atoms with Gasteiger partial charge in [-0.2, -0.15) is 0 Å². The van der Waals surface area contributed by atoms with Crippen LogP contribution in [0.1, 0.15) is 47.1 Å². The summed E-state index contributed by atoms with van der Waals surface area (Å²) in [6, 6.07) is 12.6. The van der Waals surface area contributed by atoms with E-state index >= 15 is 0 Å².